The highest BCUT2D eigenvalue weighted by molar-refractivity contribution is 6.37. The number of carbonyl (C=O) groups excluding carboxylic acids is 2. The lowest BCUT2D eigenvalue weighted by atomic mass is 10.1. The van der Waals surface area contributed by atoms with Crippen molar-refractivity contribution in [2.75, 3.05) is 5.32 Å². The topological polar surface area (TPSA) is 55.4 Å². The third-order valence-electron chi connectivity index (χ3n) is 2.87. The van der Waals surface area contributed by atoms with Gasteiger partial charge in [0, 0.05) is 10.7 Å². The molecule has 2 aromatic carbocycles. The summed E-state index contributed by atoms with van der Waals surface area (Å²) in [6, 6.07) is 11.1. The van der Waals surface area contributed by atoms with Crippen LogP contribution in [0.5, 0.6) is 0 Å². The average Bonchev–Trinajstić information content (AvgIpc) is 2.46. The second kappa shape index (κ2) is 7.49. The maximum absolute atomic E-state index is 12.3. The van der Waals surface area contributed by atoms with E-state index in [2.05, 4.69) is 5.32 Å². The minimum absolute atomic E-state index is 0.214. The van der Waals surface area contributed by atoms with Gasteiger partial charge in [0.05, 0.1) is 22.3 Å². The molecule has 0 atom stereocenters. The summed E-state index contributed by atoms with van der Waals surface area (Å²) in [6.07, 6.45) is -0.214. The van der Waals surface area contributed by atoms with Crippen molar-refractivity contribution in [2.24, 2.45) is 0 Å². The largest absolute Gasteiger partial charge is 0.459 e. The number of esters is 1. The number of ether oxygens (including phenoxy) is 1. The van der Waals surface area contributed by atoms with Crippen LogP contribution in [0.25, 0.3) is 0 Å². The van der Waals surface area contributed by atoms with Crippen LogP contribution in [0.15, 0.2) is 42.5 Å². The van der Waals surface area contributed by atoms with Crippen LogP contribution in [-0.2, 0) is 4.74 Å². The molecule has 0 bridgehead atoms. The smallest absolute Gasteiger partial charge is 0.338 e. The molecule has 0 aliphatic heterocycles. The first-order chi connectivity index (χ1) is 10.9. The molecule has 2 aromatic rings. The van der Waals surface area contributed by atoms with Gasteiger partial charge in [-0.1, -0.05) is 29.3 Å². The van der Waals surface area contributed by atoms with Gasteiger partial charge in [-0.2, -0.15) is 0 Å². The quantitative estimate of drug-likeness (QED) is 0.804. The average molecular weight is 352 g/mol. The van der Waals surface area contributed by atoms with E-state index in [0.29, 0.717) is 21.8 Å². The van der Waals surface area contributed by atoms with Gasteiger partial charge in [-0.15, -0.1) is 0 Å². The van der Waals surface area contributed by atoms with Crippen LogP contribution in [0.4, 0.5) is 5.69 Å². The zero-order valence-electron chi connectivity index (χ0n) is 12.6. The van der Waals surface area contributed by atoms with E-state index >= 15 is 0 Å². The van der Waals surface area contributed by atoms with E-state index in [1.54, 1.807) is 44.2 Å². The Morgan fingerprint density at radius 2 is 1.83 bits per heavy atom. The third-order valence-corrected chi connectivity index (χ3v) is 3.42. The Bertz CT molecular complexity index is 744. The highest BCUT2D eigenvalue weighted by Crippen LogP contribution is 2.22. The predicted octanol–water partition coefficient (Wildman–Crippen LogP) is 4.81. The van der Waals surface area contributed by atoms with Gasteiger partial charge in [-0.25, -0.2) is 4.79 Å². The molecule has 0 radical (unpaired) electrons. The Labute approximate surface area is 144 Å². The molecule has 0 aromatic heterocycles. The molecule has 0 saturated heterocycles. The first-order valence-electron chi connectivity index (χ1n) is 6.94. The summed E-state index contributed by atoms with van der Waals surface area (Å²) in [6.45, 7) is 3.54. The van der Waals surface area contributed by atoms with Crippen LogP contribution in [0, 0.1) is 0 Å². The minimum Gasteiger partial charge on any atom is -0.459 e. The minimum atomic E-state index is -0.444. The first-order valence-corrected chi connectivity index (χ1v) is 7.70. The van der Waals surface area contributed by atoms with Crippen molar-refractivity contribution in [3.63, 3.8) is 0 Å². The number of carbonyl (C=O) groups is 2. The number of halogens is 2. The van der Waals surface area contributed by atoms with Gasteiger partial charge in [-0.3, -0.25) is 4.79 Å². The van der Waals surface area contributed by atoms with E-state index in [-0.39, 0.29) is 17.0 Å². The summed E-state index contributed by atoms with van der Waals surface area (Å²) < 4.78 is 5.13. The summed E-state index contributed by atoms with van der Waals surface area (Å²) in [5.41, 5.74) is 1.13. The van der Waals surface area contributed by atoms with Gasteiger partial charge in [0.2, 0.25) is 0 Å². The number of amides is 1. The van der Waals surface area contributed by atoms with Crippen LogP contribution in [0.2, 0.25) is 10.0 Å². The van der Waals surface area contributed by atoms with Gasteiger partial charge < -0.3 is 10.1 Å². The number of hydrogen-bond acceptors (Lipinski definition) is 3. The molecule has 23 heavy (non-hydrogen) atoms. The van der Waals surface area contributed by atoms with Crippen molar-refractivity contribution < 1.29 is 14.3 Å². The van der Waals surface area contributed by atoms with E-state index in [9.17, 15) is 9.59 Å². The van der Waals surface area contributed by atoms with E-state index < -0.39 is 5.97 Å². The Hall–Kier alpha value is -2.04. The molecular weight excluding hydrogens is 337 g/mol. The molecule has 1 N–H and O–H groups in total. The molecule has 4 nitrogen and oxygen atoms in total. The number of rotatable bonds is 4. The third kappa shape index (κ3) is 4.71. The van der Waals surface area contributed by atoms with E-state index in [1.807, 2.05) is 0 Å². The molecule has 0 unspecified atom stereocenters. The van der Waals surface area contributed by atoms with E-state index in [1.165, 1.54) is 12.1 Å². The van der Waals surface area contributed by atoms with Crippen LogP contribution in [0.1, 0.15) is 34.6 Å². The van der Waals surface area contributed by atoms with E-state index in [4.69, 9.17) is 27.9 Å². The second-order valence-electron chi connectivity index (χ2n) is 5.11. The molecule has 1 amide bonds. The molecular formula is C17H15Cl2NO3. The summed E-state index contributed by atoms with van der Waals surface area (Å²) in [7, 11) is 0. The highest BCUT2D eigenvalue weighted by Gasteiger charge is 2.13. The molecule has 0 spiro atoms. The van der Waals surface area contributed by atoms with Crippen LogP contribution >= 0.6 is 23.2 Å². The lowest BCUT2D eigenvalue weighted by Crippen LogP contribution is -2.14. The Morgan fingerprint density at radius 3 is 2.48 bits per heavy atom. The summed E-state index contributed by atoms with van der Waals surface area (Å²) >= 11 is 11.8. The van der Waals surface area contributed by atoms with Crippen molar-refractivity contribution in [2.45, 2.75) is 20.0 Å². The SMILES string of the molecule is CC(C)OC(=O)c1cccc(NC(=O)c2ccc(Cl)cc2Cl)c1. The van der Waals surface area contributed by atoms with Crippen molar-refractivity contribution in [3.05, 3.63) is 63.6 Å². The molecule has 120 valence electrons. The van der Waals surface area contributed by atoms with Crippen LogP contribution in [0.3, 0.4) is 0 Å². The standard InChI is InChI=1S/C17H15Cl2NO3/c1-10(2)23-17(22)11-4-3-5-13(8-11)20-16(21)14-7-6-12(18)9-15(14)19/h3-10H,1-2H3,(H,20,21). The lowest BCUT2D eigenvalue weighted by molar-refractivity contribution is 0.0378. The van der Waals surface area contributed by atoms with Gasteiger partial charge in [-0.05, 0) is 50.2 Å². The van der Waals surface area contributed by atoms with Crippen molar-refractivity contribution in [3.8, 4) is 0 Å². The zero-order valence-corrected chi connectivity index (χ0v) is 14.1. The number of benzene rings is 2. The van der Waals surface area contributed by atoms with Crippen LogP contribution in [-0.4, -0.2) is 18.0 Å². The normalized spacial score (nSPS) is 10.5. The van der Waals surface area contributed by atoms with E-state index in [0.717, 1.165) is 0 Å². The number of anilines is 1. The van der Waals surface area contributed by atoms with Crippen molar-refractivity contribution in [1.82, 2.24) is 0 Å². The fraction of sp³-hybridized carbons (Fsp3) is 0.176. The van der Waals surface area contributed by atoms with Crippen molar-refractivity contribution in [1.29, 1.82) is 0 Å². The molecule has 0 aliphatic carbocycles. The van der Waals surface area contributed by atoms with Gasteiger partial charge in [0.15, 0.2) is 0 Å². The number of hydrogen-bond donors (Lipinski definition) is 1. The molecule has 6 heteroatoms. The summed E-state index contributed by atoms with van der Waals surface area (Å²) in [5.74, 6) is -0.832. The predicted molar refractivity (Wildman–Crippen MR) is 91.4 cm³/mol. The number of nitrogens with one attached hydrogen (secondary N) is 1. The molecule has 2 rings (SSSR count). The molecule has 0 heterocycles. The Balaban J connectivity index is 2.17. The fourth-order valence-electron chi connectivity index (χ4n) is 1.88. The van der Waals surface area contributed by atoms with Crippen LogP contribution < -0.4 is 5.32 Å². The maximum Gasteiger partial charge on any atom is 0.338 e. The van der Waals surface area contributed by atoms with Gasteiger partial charge >= 0.3 is 5.97 Å². The van der Waals surface area contributed by atoms with Gasteiger partial charge in [0.25, 0.3) is 5.91 Å². The first kappa shape index (κ1) is 17.3. The Morgan fingerprint density at radius 1 is 1.09 bits per heavy atom. The van der Waals surface area contributed by atoms with Crippen molar-refractivity contribution >= 4 is 40.8 Å². The molecule has 0 aliphatic rings. The molecule has 0 fully saturated rings. The second-order valence-corrected chi connectivity index (χ2v) is 5.96. The zero-order chi connectivity index (χ0) is 17.0. The fourth-order valence-corrected chi connectivity index (χ4v) is 2.37. The Kier molecular flexibility index (Phi) is 5.64. The summed E-state index contributed by atoms with van der Waals surface area (Å²) in [4.78, 5) is 24.1. The highest BCUT2D eigenvalue weighted by atomic mass is 35.5. The summed E-state index contributed by atoms with van der Waals surface area (Å²) in [5, 5.41) is 3.40. The maximum atomic E-state index is 12.3. The van der Waals surface area contributed by atoms with Gasteiger partial charge in [0.1, 0.15) is 0 Å². The monoisotopic (exact) mass is 351 g/mol. The lowest BCUT2D eigenvalue weighted by Gasteiger charge is -2.10. The molecule has 0 saturated carbocycles.